The van der Waals surface area contributed by atoms with Gasteiger partial charge >= 0.3 is 0 Å². The molecule has 0 heterocycles. The van der Waals surface area contributed by atoms with Crippen LogP contribution in [0.2, 0.25) is 0 Å². The summed E-state index contributed by atoms with van der Waals surface area (Å²) in [4.78, 5) is 0. The van der Waals surface area contributed by atoms with Gasteiger partial charge in [0.15, 0.2) is 0 Å². The number of halogens is 2. The van der Waals surface area contributed by atoms with Crippen LogP contribution in [0, 0.1) is 5.82 Å². The van der Waals surface area contributed by atoms with E-state index in [-0.39, 0.29) is 5.82 Å². The van der Waals surface area contributed by atoms with E-state index in [9.17, 15) is 4.39 Å². The predicted octanol–water partition coefficient (Wildman–Crippen LogP) is 4.75. The Morgan fingerprint density at radius 3 is 2.60 bits per heavy atom. The van der Waals surface area contributed by atoms with E-state index in [0.717, 1.165) is 6.42 Å². The van der Waals surface area contributed by atoms with Crippen molar-refractivity contribution in [2.75, 3.05) is 12.3 Å². The summed E-state index contributed by atoms with van der Waals surface area (Å²) in [5, 5.41) is 0. The summed E-state index contributed by atoms with van der Waals surface area (Å²) in [5.74, 6) is 1.38. The molecule has 0 amide bonds. The Morgan fingerprint density at radius 1 is 1.15 bits per heavy atom. The van der Waals surface area contributed by atoms with Crippen LogP contribution in [0.3, 0.4) is 0 Å². The molecule has 0 aliphatic carbocycles. The molecule has 0 unspecified atom stereocenters. The standard InChI is InChI=1S/C15H15BrFNO2/c1-2-5-19-12-7-11(18)8-13(9-12)20-15-4-3-10(17)6-14(15)16/h3-4,6-9H,2,5,18H2,1H3. The first-order valence-corrected chi connectivity index (χ1v) is 7.04. The zero-order valence-electron chi connectivity index (χ0n) is 11.0. The maximum atomic E-state index is 13.0. The van der Waals surface area contributed by atoms with Gasteiger partial charge in [0.05, 0.1) is 11.1 Å². The largest absolute Gasteiger partial charge is 0.493 e. The molecule has 0 aliphatic heterocycles. The van der Waals surface area contributed by atoms with E-state index in [2.05, 4.69) is 15.9 Å². The predicted molar refractivity (Wildman–Crippen MR) is 80.8 cm³/mol. The molecule has 2 rings (SSSR count). The molecular formula is C15H15BrFNO2. The van der Waals surface area contributed by atoms with Gasteiger partial charge in [-0.1, -0.05) is 6.92 Å². The van der Waals surface area contributed by atoms with Crippen molar-refractivity contribution in [2.24, 2.45) is 0 Å². The molecule has 2 aromatic rings. The highest BCUT2D eigenvalue weighted by atomic mass is 79.9. The normalized spacial score (nSPS) is 10.3. The monoisotopic (exact) mass is 339 g/mol. The molecule has 2 aromatic carbocycles. The minimum Gasteiger partial charge on any atom is -0.493 e. The van der Waals surface area contributed by atoms with Gasteiger partial charge in [-0.15, -0.1) is 0 Å². The lowest BCUT2D eigenvalue weighted by atomic mass is 10.2. The summed E-state index contributed by atoms with van der Waals surface area (Å²) >= 11 is 3.26. The topological polar surface area (TPSA) is 44.5 Å². The quantitative estimate of drug-likeness (QED) is 0.799. The van der Waals surface area contributed by atoms with Crippen molar-refractivity contribution >= 4 is 21.6 Å². The molecular weight excluding hydrogens is 325 g/mol. The van der Waals surface area contributed by atoms with Crippen LogP contribution in [0.15, 0.2) is 40.9 Å². The molecule has 0 radical (unpaired) electrons. The molecule has 0 atom stereocenters. The molecule has 2 N–H and O–H groups in total. The minimum atomic E-state index is -0.330. The first kappa shape index (κ1) is 14.7. The highest BCUT2D eigenvalue weighted by Gasteiger charge is 2.06. The fraction of sp³-hybridized carbons (Fsp3) is 0.200. The maximum Gasteiger partial charge on any atom is 0.141 e. The van der Waals surface area contributed by atoms with Crippen LogP contribution in [-0.4, -0.2) is 6.61 Å². The third kappa shape index (κ3) is 3.87. The first-order valence-electron chi connectivity index (χ1n) is 6.24. The number of ether oxygens (including phenoxy) is 2. The lowest BCUT2D eigenvalue weighted by Gasteiger charge is -2.11. The highest BCUT2D eigenvalue weighted by molar-refractivity contribution is 9.10. The fourth-order valence-electron chi connectivity index (χ4n) is 1.64. The van der Waals surface area contributed by atoms with E-state index in [1.165, 1.54) is 12.1 Å². The first-order chi connectivity index (χ1) is 9.58. The van der Waals surface area contributed by atoms with Gasteiger partial charge in [-0.25, -0.2) is 4.39 Å². The molecule has 5 heteroatoms. The molecule has 0 saturated carbocycles. The van der Waals surface area contributed by atoms with Gasteiger partial charge < -0.3 is 15.2 Å². The Kier molecular flexibility index (Phi) is 4.84. The van der Waals surface area contributed by atoms with Crippen LogP contribution in [0.25, 0.3) is 0 Å². The average molecular weight is 340 g/mol. The Bertz CT molecular complexity index is 604. The Morgan fingerprint density at radius 2 is 1.90 bits per heavy atom. The zero-order valence-corrected chi connectivity index (χ0v) is 12.6. The number of rotatable bonds is 5. The van der Waals surface area contributed by atoms with E-state index in [4.69, 9.17) is 15.2 Å². The highest BCUT2D eigenvalue weighted by Crippen LogP contribution is 2.33. The second-order valence-electron chi connectivity index (χ2n) is 4.26. The number of hydrogen-bond acceptors (Lipinski definition) is 3. The van der Waals surface area contributed by atoms with Crippen molar-refractivity contribution in [1.82, 2.24) is 0 Å². The van der Waals surface area contributed by atoms with Crippen molar-refractivity contribution in [3.8, 4) is 17.2 Å². The molecule has 0 spiro atoms. The Balaban J connectivity index is 2.21. The molecule has 0 aromatic heterocycles. The smallest absolute Gasteiger partial charge is 0.141 e. The van der Waals surface area contributed by atoms with Crippen LogP contribution in [-0.2, 0) is 0 Å². The summed E-state index contributed by atoms with van der Waals surface area (Å²) < 4.78 is 24.8. The molecule has 0 bridgehead atoms. The molecule has 0 saturated heterocycles. The summed E-state index contributed by atoms with van der Waals surface area (Å²) in [6, 6.07) is 9.41. The van der Waals surface area contributed by atoms with E-state index in [1.807, 2.05) is 6.92 Å². The van der Waals surface area contributed by atoms with Gasteiger partial charge in [-0.2, -0.15) is 0 Å². The number of benzene rings is 2. The van der Waals surface area contributed by atoms with Crippen molar-refractivity contribution in [1.29, 1.82) is 0 Å². The van der Waals surface area contributed by atoms with Crippen LogP contribution < -0.4 is 15.2 Å². The van der Waals surface area contributed by atoms with Crippen LogP contribution in [0.5, 0.6) is 17.2 Å². The number of nitrogen functional groups attached to an aromatic ring is 1. The lowest BCUT2D eigenvalue weighted by Crippen LogP contribution is -1.97. The SMILES string of the molecule is CCCOc1cc(N)cc(Oc2ccc(F)cc2Br)c1. The lowest BCUT2D eigenvalue weighted by molar-refractivity contribution is 0.316. The third-order valence-electron chi connectivity index (χ3n) is 2.50. The minimum absolute atomic E-state index is 0.330. The maximum absolute atomic E-state index is 13.0. The second-order valence-corrected chi connectivity index (χ2v) is 5.12. The fourth-order valence-corrected chi connectivity index (χ4v) is 2.07. The molecule has 0 aliphatic rings. The van der Waals surface area contributed by atoms with Crippen molar-refractivity contribution in [3.63, 3.8) is 0 Å². The average Bonchev–Trinajstić information content (AvgIpc) is 2.39. The van der Waals surface area contributed by atoms with E-state index >= 15 is 0 Å². The van der Waals surface area contributed by atoms with Gasteiger partial charge in [0.25, 0.3) is 0 Å². The number of anilines is 1. The molecule has 0 fully saturated rings. The zero-order chi connectivity index (χ0) is 14.5. The van der Waals surface area contributed by atoms with Crippen LogP contribution >= 0.6 is 15.9 Å². The van der Waals surface area contributed by atoms with Crippen molar-refractivity contribution < 1.29 is 13.9 Å². The van der Waals surface area contributed by atoms with Gasteiger partial charge in [0.1, 0.15) is 23.1 Å². The van der Waals surface area contributed by atoms with Gasteiger partial charge in [-0.3, -0.25) is 0 Å². The number of nitrogens with two attached hydrogens (primary N) is 1. The van der Waals surface area contributed by atoms with E-state index < -0.39 is 0 Å². The Hall–Kier alpha value is -1.75. The third-order valence-corrected chi connectivity index (χ3v) is 3.12. The van der Waals surface area contributed by atoms with Gasteiger partial charge in [-0.05, 0) is 40.5 Å². The van der Waals surface area contributed by atoms with E-state index in [0.29, 0.717) is 34.0 Å². The number of hydrogen-bond donors (Lipinski definition) is 1. The molecule has 20 heavy (non-hydrogen) atoms. The second kappa shape index (κ2) is 6.61. The summed E-state index contributed by atoms with van der Waals surface area (Å²) in [6.45, 7) is 2.64. The van der Waals surface area contributed by atoms with Crippen LogP contribution in [0.4, 0.5) is 10.1 Å². The van der Waals surface area contributed by atoms with Gasteiger partial charge in [0, 0.05) is 23.9 Å². The van der Waals surface area contributed by atoms with E-state index in [1.54, 1.807) is 24.3 Å². The summed E-state index contributed by atoms with van der Waals surface area (Å²) in [6.07, 6.45) is 0.911. The summed E-state index contributed by atoms with van der Waals surface area (Å²) in [5.41, 5.74) is 6.36. The summed E-state index contributed by atoms with van der Waals surface area (Å²) in [7, 11) is 0. The van der Waals surface area contributed by atoms with Crippen LogP contribution in [0.1, 0.15) is 13.3 Å². The molecule has 3 nitrogen and oxygen atoms in total. The van der Waals surface area contributed by atoms with Gasteiger partial charge in [0.2, 0.25) is 0 Å². The Labute approximate surface area is 125 Å². The molecule has 106 valence electrons. The van der Waals surface area contributed by atoms with Crippen molar-refractivity contribution in [2.45, 2.75) is 13.3 Å². The van der Waals surface area contributed by atoms with Crippen molar-refractivity contribution in [3.05, 3.63) is 46.7 Å².